The van der Waals surface area contributed by atoms with Gasteiger partial charge in [0.15, 0.2) is 0 Å². The second kappa shape index (κ2) is 4.00. The first-order valence-electron chi connectivity index (χ1n) is 2.22. The van der Waals surface area contributed by atoms with E-state index in [4.69, 9.17) is 10.4 Å². The summed E-state index contributed by atoms with van der Waals surface area (Å²) >= 11 is 0. The first kappa shape index (κ1) is 6.83. The summed E-state index contributed by atoms with van der Waals surface area (Å²) in [4.78, 5) is 0. The van der Waals surface area contributed by atoms with Crippen molar-refractivity contribution in [3.05, 3.63) is 12.0 Å². The lowest BCUT2D eigenvalue weighted by Crippen LogP contribution is -1.87. The SMILES string of the molecule is CCO/C(O)=C/C#N. The van der Waals surface area contributed by atoms with Crippen molar-refractivity contribution in [3.8, 4) is 6.07 Å². The summed E-state index contributed by atoms with van der Waals surface area (Å²) in [5.41, 5.74) is 0. The monoisotopic (exact) mass is 113 g/mol. The van der Waals surface area contributed by atoms with Gasteiger partial charge >= 0.3 is 0 Å². The van der Waals surface area contributed by atoms with Crippen LogP contribution < -0.4 is 0 Å². The molecule has 0 rings (SSSR count). The third kappa shape index (κ3) is 3.04. The number of hydrogen-bond donors (Lipinski definition) is 1. The van der Waals surface area contributed by atoms with Crippen LogP contribution in [0.4, 0.5) is 0 Å². The second-order valence-corrected chi connectivity index (χ2v) is 1.04. The molecule has 0 heterocycles. The maximum Gasteiger partial charge on any atom is 0.287 e. The Kier molecular flexibility index (Phi) is 3.42. The van der Waals surface area contributed by atoms with Gasteiger partial charge in [0.2, 0.25) is 0 Å². The van der Waals surface area contributed by atoms with Crippen LogP contribution in [0.5, 0.6) is 0 Å². The molecule has 0 aromatic carbocycles. The van der Waals surface area contributed by atoms with E-state index in [1.807, 2.05) is 0 Å². The summed E-state index contributed by atoms with van der Waals surface area (Å²) in [6.45, 7) is 2.10. The number of ether oxygens (including phenoxy) is 1. The lowest BCUT2D eigenvalue weighted by molar-refractivity contribution is 0.103. The van der Waals surface area contributed by atoms with Crippen LogP contribution in [0, 0.1) is 11.3 Å². The van der Waals surface area contributed by atoms with Crippen molar-refractivity contribution in [1.29, 1.82) is 5.26 Å². The fraction of sp³-hybridized carbons (Fsp3) is 0.400. The van der Waals surface area contributed by atoms with E-state index in [0.29, 0.717) is 6.61 Å². The van der Waals surface area contributed by atoms with E-state index in [9.17, 15) is 0 Å². The van der Waals surface area contributed by atoms with Crippen LogP contribution in [0.1, 0.15) is 6.92 Å². The molecule has 0 aliphatic rings. The van der Waals surface area contributed by atoms with E-state index in [1.165, 1.54) is 0 Å². The van der Waals surface area contributed by atoms with Crippen molar-refractivity contribution in [2.45, 2.75) is 6.92 Å². The van der Waals surface area contributed by atoms with Crippen LogP contribution in [-0.4, -0.2) is 11.7 Å². The van der Waals surface area contributed by atoms with E-state index >= 15 is 0 Å². The standard InChI is InChI=1S/C5H7NO2/c1-2-8-5(7)3-4-6/h3,7H,2H2,1H3/b5-3+. The van der Waals surface area contributed by atoms with Gasteiger partial charge in [-0.3, -0.25) is 0 Å². The first-order chi connectivity index (χ1) is 3.81. The second-order valence-electron chi connectivity index (χ2n) is 1.04. The third-order valence-corrected chi connectivity index (χ3v) is 0.480. The molecular weight excluding hydrogens is 106 g/mol. The molecule has 0 aromatic rings. The maximum absolute atomic E-state index is 8.47. The number of aliphatic hydroxyl groups is 1. The number of nitriles is 1. The van der Waals surface area contributed by atoms with Crippen molar-refractivity contribution in [2.75, 3.05) is 6.61 Å². The highest BCUT2D eigenvalue weighted by molar-refractivity contribution is 5.01. The highest BCUT2D eigenvalue weighted by Crippen LogP contribution is 1.87. The van der Waals surface area contributed by atoms with Crippen molar-refractivity contribution >= 4 is 0 Å². The Labute approximate surface area is 47.8 Å². The Balaban J connectivity index is 3.49. The van der Waals surface area contributed by atoms with Crippen LogP contribution in [0.3, 0.4) is 0 Å². The molecule has 0 fully saturated rings. The summed E-state index contributed by atoms with van der Waals surface area (Å²) < 4.78 is 4.48. The Morgan fingerprint density at radius 1 is 2.00 bits per heavy atom. The predicted molar refractivity (Wildman–Crippen MR) is 28.0 cm³/mol. The molecule has 1 N–H and O–H groups in total. The van der Waals surface area contributed by atoms with Crippen molar-refractivity contribution in [1.82, 2.24) is 0 Å². The third-order valence-electron chi connectivity index (χ3n) is 0.480. The molecule has 0 saturated carbocycles. The molecule has 3 heteroatoms. The maximum atomic E-state index is 8.47. The van der Waals surface area contributed by atoms with Crippen LogP contribution >= 0.6 is 0 Å². The zero-order valence-corrected chi connectivity index (χ0v) is 4.59. The molecule has 0 bridgehead atoms. The van der Waals surface area contributed by atoms with Crippen LogP contribution in [0.25, 0.3) is 0 Å². The van der Waals surface area contributed by atoms with Crippen LogP contribution in [-0.2, 0) is 4.74 Å². The fourth-order valence-electron chi connectivity index (χ4n) is 0.245. The van der Waals surface area contributed by atoms with E-state index in [0.717, 1.165) is 6.08 Å². The lowest BCUT2D eigenvalue weighted by Gasteiger charge is -1.95. The summed E-state index contributed by atoms with van der Waals surface area (Å²) in [5, 5.41) is 16.4. The smallest absolute Gasteiger partial charge is 0.287 e. The zero-order chi connectivity index (χ0) is 6.41. The molecular formula is C5H7NO2. The minimum absolute atomic E-state index is 0.324. The van der Waals surface area contributed by atoms with Crippen LogP contribution in [0.2, 0.25) is 0 Å². The van der Waals surface area contributed by atoms with E-state index in [1.54, 1.807) is 13.0 Å². The lowest BCUT2D eigenvalue weighted by atomic mass is 10.7. The van der Waals surface area contributed by atoms with Crippen LogP contribution in [0.15, 0.2) is 12.0 Å². The number of nitrogens with zero attached hydrogens (tertiary/aromatic N) is 1. The van der Waals surface area contributed by atoms with E-state index in [2.05, 4.69) is 4.74 Å². The Morgan fingerprint density at radius 2 is 2.62 bits per heavy atom. The van der Waals surface area contributed by atoms with Gasteiger partial charge < -0.3 is 9.84 Å². The molecule has 0 saturated heterocycles. The van der Waals surface area contributed by atoms with Gasteiger partial charge in [0.25, 0.3) is 5.95 Å². The van der Waals surface area contributed by atoms with Gasteiger partial charge in [-0.2, -0.15) is 5.26 Å². The molecule has 44 valence electrons. The topological polar surface area (TPSA) is 53.2 Å². The largest absolute Gasteiger partial charge is 0.480 e. The van der Waals surface area contributed by atoms with Gasteiger partial charge in [0, 0.05) is 0 Å². The summed E-state index contributed by atoms with van der Waals surface area (Å²) in [7, 11) is 0. The number of allylic oxidation sites excluding steroid dienone is 1. The van der Waals surface area contributed by atoms with Gasteiger partial charge in [-0.05, 0) is 6.92 Å². The molecule has 0 radical (unpaired) electrons. The summed E-state index contributed by atoms with van der Waals surface area (Å²) in [5.74, 6) is -0.324. The molecule has 0 atom stereocenters. The Hall–Kier alpha value is -1.17. The van der Waals surface area contributed by atoms with Crippen molar-refractivity contribution < 1.29 is 9.84 Å². The normalized spacial score (nSPS) is 10.2. The Morgan fingerprint density at radius 3 is 3.00 bits per heavy atom. The highest BCUT2D eigenvalue weighted by atomic mass is 16.6. The molecule has 0 amide bonds. The van der Waals surface area contributed by atoms with E-state index in [-0.39, 0.29) is 5.95 Å². The first-order valence-corrected chi connectivity index (χ1v) is 2.22. The fourth-order valence-corrected chi connectivity index (χ4v) is 0.245. The van der Waals surface area contributed by atoms with Gasteiger partial charge in [-0.15, -0.1) is 0 Å². The van der Waals surface area contributed by atoms with Gasteiger partial charge in [-0.1, -0.05) is 0 Å². The molecule has 0 spiro atoms. The summed E-state index contributed by atoms with van der Waals surface area (Å²) in [6, 6.07) is 1.62. The predicted octanol–water partition coefficient (Wildman–Crippen LogP) is 0.946. The van der Waals surface area contributed by atoms with Crippen molar-refractivity contribution in [3.63, 3.8) is 0 Å². The van der Waals surface area contributed by atoms with Gasteiger partial charge in [0.05, 0.1) is 18.8 Å². The van der Waals surface area contributed by atoms with Crippen molar-refractivity contribution in [2.24, 2.45) is 0 Å². The molecule has 3 nitrogen and oxygen atoms in total. The Bertz CT molecular complexity index is 123. The van der Waals surface area contributed by atoms with E-state index < -0.39 is 0 Å². The zero-order valence-electron chi connectivity index (χ0n) is 4.59. The number of hydrogen-bond acceptors (Lipinski definition) is 3. The van der Waals surface area contributed by atoms with Gasteiger partial charge in [0.1, 0.15) is 0 Å². The molecule has 0 aliphatic heterocycles. The number of aliphatic hydroxyl groups excluding tert-OH is 1. The highest BCUT2D eigenvalue weighted by Gasteiger charge is 1.84. The molecule has 0 aliphatic carbocycles. The summed E-state index contributed by atoms with van der Waals surface area (Å²) in [6.07, 6.45) is 0.934. The average molecular weight is 113 g/mol. The molecule has 0 unspecified atom stereocenters. The number of rotatable bonds is 2. The average Bonchev–Trinajstić information content (AvgIpc) is 1.68. The molecule has 0 aromatic heterocycles. The minimum atomic E-state index is -0.324. The van der Waals surface area contributed by atoms with Gasteiger partial charge in [-0.25, -0.2) is 0 Å². The minimum Gasteiger partial charge on any atom is -0.480 e. The quantitative estimate of drug-likeness (QED) is 0.428. The molecule has 8 heavy (non-hydrogen) atoms.